The summed E-state index contributed by atoms with van der Waals surface area (Å²) in [6, 6.07) is 10.4. The molecule has 0 saturated carbocycles. The first-order chi connectivity index (χ1) is 16.2. The molecule has 0 aliphatic heterocycles. The van der Waals surface area contributed by atoms with Gasteiger partial charge in [-0.25, -0.2) is 10.1 Å². The number of benzene rings is 2. The van der Waals surface area contributed by atoms with Crippen LogP contribution in [-0.2, 0) is 11.0 Å². The molecule has 0 bridgehead atoms. The molecule has 0 atom stereocenters. The number of rotatable bonds is 9. The number of nitrogens with zero attached hydrogens (tertiary/aromatic N) is 4. The van der Waals surface area contributed by atoms with Gasteiger partial charge < -0.3 is 15.9 Å². The maximum absolute atomic E-state index is 13.0. The maximum atomic E-state index is 13.0. The lowest BCUT2D eigenvalue weighted by Gasteiger charge is -2.11. The van der Waals surface area contributed by atoms with Crippen molar-refractivity contribution in [3.8, 4) is 5.75 Å². The highest BCUT2D eigenvalue weighted by Crippen LogP contribution is 2.36. The lowest BCUT2D eigenvalue weighted by atomic mass is 10.2. The Morgan fingerprint density at radius 1 is 1.26 bits per heavy atom. The average Bonchev–Trinajstić information content (AvgIpc) is 3.14. The Bertz CT molecular complexity index is 1170. The van der Waals surface area contributed by atoms with Gasteiger partial charge in [-0.2, -0.15) is 18.3 Å². The summed E-state index contributed by atoms with van der Waals surface area (Å²) in [5, 5.41) is 13.9. The molecule has 0 aliphatic carbocycles. The lowest BCUT2D eigenvalue weighted by Crippen LogP contribution is -2.17. The molecule has 0 aliphatic rings. The van der Waals surface area contributed by atoms with Crippen molar-refractivity contribution in [2.24, 2.45) is 5.10 Å². The van der Waals surface area contributed by atoms with Gasteiger partial charge in [0, 0.05) is 5.69 Å². The average molecular weight is 514 g/mol. The molecule has 1 amide bonds. The van der Waals surface area contributed by atoms with Crippen molar-refractivity contribution in [1.29, 1.82) is 0 Å². The van der Waals surface area contributed by atoms with E-state index in [9.17, 15) is 18.0 Å². The van der Waals surface area contributed by atoms with Crippen molar-refractivity contribution in [2.45, 2.75) is 18.3 Å². The molecule has 9 nitrogen and oxygen atoms in total. The smallest absolute Gasteiger partial charge is 0.417 e. The molecular weight excluding hydrogens is 495 g/mol. The van der Waals surface area contributed by atoms with Crippen molar-refractivity contribution in [1.82, 2.24) is 14.9 Å². The third-order valence-electron chi connectivity index (χ3n) is 4.12. The standard InChI is InChI=1S/C20H19ClF3N7O2S/c1-2-33-14-6-3-12(4-7-14)10-26-28-18-29-30-19(31(18)25)34-11-17(32)27-13-5-8-16(21)15(9-13)20(22,23)24/h3-10H,2,11,25H2,1H3,(H,27,32)(H,28,29)/b26-10+. The number of carbonyl (C=O) groups is 1. The predicted octanol–water partition coefficient (Wildman–Crippen LogP) is 4.24. The van der Waals surface area contributed by atoms with Crippen LogP contribution in [0, 0.1) is 0 Å². The fourth-order valence-corrected chi connectivity index (χ4v) is 3.46. The number of hydrogen-bond acceptors (Lipinski definition) is 8. The minimum Gasteiger partial charge on any atom is -0.494 e. The third-order valence-corrected chi connectivity index (χ3v) is 5.39. The van der Waals surface area contributed by atoms with Crippen LogP contribution in [0.4, 0.5) is 24.8 Å². The van der Waals surface area contributed by atoms with Crippen LogP contribution in [0.5, 0.6) is 5.75 Å². The number of hydrogen-bond donors (Lipinski definition) is 3. The zero-order chi connectivity index (χ0) is 24.7. The van der Waals surface area contributed by atoms with Crippen LogP contribution in [0.3, 0.4) is 0 Å². The Balaban J connectivity index is 1.53. The van der Waals surface area contributed by atoms with Crippen molar-refractivity contribution >= 4 is 47.1 Å². The molecule has 180 valence electrons. The molecule has 0 unspecified atom stereocenters. The Morgan fingerprint density at radius 2 is 2.00 bits per heavy atom. The largest absolute Gasteiger partial charge is 0.494 e. The maximum Gasteiger partial charge on any atom is 0.417 e. The van der Waals surface area contributed by atoms with Crippen molar-refractivity contribution in [2.75, 3.05) is 28.9 Å². The second-order valence-corrected chi connectivity index (χ2v) is 7.93. The number of anilines is 2. The Hall–Kier alpha value is -3.45. The third kappa shape index (κ3) is 6.78. The first-order valence-corrected chi connectivity index (χ1v) is 11.1. The van der Waals surface area contributed by atoms with Crippen LogP contribution in [0.25, 0.3) is 0 Å². The minimum absolute atomic E-state index is 0.0393. The zero-order valence-electron chi connectivity index (χ0n) is 17.6. The number of nitrogens with two attached hydrogens (primary N) is 1. The topological polar surface area (TPSA) is 119 Å². The summed E-state index contributed by atoms with van der Waals surface area (Å²) in [5.41, 5.74) is 2.37. The molecule has 3 aromatic rings. The molecule has 1 aromatic heterocycles. The number of nitrogen functional groups attached to an aromatic ring is 1. The Morgan fingerprint density at radius 3 is 2.68 bits per heavy atom. The summed E-state index contributed by atoms with van der Waals surface area (Å²) in [7, 11) is 0. The highest BCUT2D eigenvalue weighted by molar-refractivity contribution is 7.99. The Kier molecular flexibility index (Phi) is 8.23. The summed E-state index contributed by atoms with van der Waals surface area (Å²) in [6.45, 7) is 2.47. The van der Waals surface area contributed by atoms with Crippen molar-refractivity contribution in [3.05, 3.63) is 58.6 Å². The van der Waals surface area contributed by atoms with E-state index in [1.165, 1.54) is 6.07 Å². The number of halogens is 4. The molecule has 0 saturated heterocycles. The summed E-state index contributed by atoms with van der Waals surface area (Å²) in [5.74, 6) is 6.04. The molecule has 1 heterocycles. The summed E-state index contributed by atoms with van der Waals surface area (Å²) < 4.78 is 45.3. The van der Waals surface area contributed by atoms with E-state index in [4.69, 9.17) is 22.2 Å². The molecule has 4 N–H and O–H groups in total. The zero-order valence-corrected chi connectivity index (χ0v) is 19.2. The SMILES string of the molecule is CCOc1ccc(/C=N/Nc2nnc(SCC(=O)Nc3ccc(Cl)c(C(F)(F)F)c3)n2N)cc1. The highest BCUT2D eigenvalue weighted by atomic mass is 35.5. The van der Waals surface area contributed by atoms with E-state index in [0.717, 1.165) is 39.9 Å². The number of ether oxygens (including phenoxy) is 1. The molecule has 0 spiro atoms. The molecule has 34 heavy (non-hydrogen) atoms. The first kappa shape index (κ1) is 25.2. The summed E-state index contributed by atoms with van der Waals surface area (Å²) in [4.78, 5) is 12.2. The van der Waals surface area contributed by atoms with Crippen molar-refractivity contribution < 1.29 is 22.7 Å². The minimum atomic E-state index is -4.64. The van der Waals surface area contributed by atoms with Gasteiger partial charge in [0.2, 0.25) is 11.1 Å². The molecule has 14 heteroatoms. The van der Waals surface area contributed by atoms with Gasteiger partial charge in [-0.05, 0) is 55.0 Å². The van der Waals surface area contributed by atoms with Gasteiger partial charge in [0.25, 0.3) is 5.95 Å². The summed E-state index contributed by atoms with van der Waals surface area (Å²) in [6.07, 6.45) is -3.09. The number of hydrazone groups is 1. The van der Waals surface area contributed by atoms with Crippen LogP contribution in [0.1, 0.15) is 18.1 Å². The number of alkyl halides is 3. The van der Waals surface area contributed by atoms with Gasteiger partial charge in [-0.15, -0.1) is 10.2 Å². The predicted molar refractivity (Wildman–Crippen MR) is 125 cm³/mol. The van der Waals surface area contributed by atoms with Gasteiger partial charge in [0.15, 0.2) is 0 Å². The van der Waals surface area contributed by atoms with E-state index in [1.807, 2.05) is 31.2 Å². The second-order valence-electron chi connectivity index (χ2n) is 6.58. The van der Waals surface area contributed by atoms with E-state index in [-0.39, 0.29) is 22.5 Å². The van der Waals surface area contributed by atoms with E-state index >= 15 is 0 Å². The highest BCUT2D eigenvalue weighted by Gasteiger charge is 2.33. The van der Waals surface area contributed by atoms with Crippen LogP contribution >= 0.6 is 23.4 Å². The number of amides is 1. The van der Waals surface area contributed by atoms with E-state index < -0.39 is 22.7 Å². The first-order valence-electron chi connectivity index (χ1n) is 9.69. The van der Waals surface area contributed by atoms with Gasteiger partial charge in [-0.1, -0.05) is 23.4 Å². The molecule has 3 rings (SSSR count). The van der Waals surface area contributed by atoms with Gasteiger partial charge >= 0.3 is 6.18 Å². The fraction of sp³-hybridized carbons (Fsp3) is 0.200. The second kappa shape index (κ2) is 11.1. The van der Waals surface area contributed by atoms with Gasteiger partial charge in [0.05, 0.1) is 29.2 Å². The van der Waals surface area contributed by atoms with Gasteiger partial charge in [-0.3, -0.25) is 4.79 Å². The molecule has 0 radical (unpaired) electrons. The Labute approximate surface area is 201 Å². The fourth-order valence-electron chi connectivity index (χ4n) is 2.58. The van der Waals surface area contributed by atoms with Crippen LogP contribution in [-0.4, -0.2) is 39.4 Å². The molecule has 2 aromatic carbocycles. The lowest BCUT2D eigenvalue weighted by molar-refractivity contribution is -0.137. The molecule has 0 fully saturated rings. The van der Waals surface area contributed by atoms with Gasteiger partial charge in [0.1, 0.15) is 5.75 Å². The number of aromatic nitrogens is 3. The monoisotopic (exact) mass is 513 g/mol. The quantitative estimate of drug-likeness (QED) is 0.169. The normalized spacial score (nSPS) is 11.6. The van der Waals surface area contributed by atoms with E-state index in [1.54, 1.807) is 6.21 Å². The van der Waals surface area contributed by atoms with Crippen molar-refractivity contribution in [3.63, 3.8) is 0 Å². The number of thioether (sulfide) groups is 1. The van der Waals surface area contributed by atoms with E-state index in [0.29, 0.717) is 6.61 Å². The number of nitrogens with one attached hydrogen (secondary N) is 2. The van der Waals surface area contributed by atoms with Crippen LogP contribution in [0.2, 0.25) is 5.02 Å². The number of carbonyl (C=O) groups excluding carboxylic acids is 1. The van der Waals surface area contributed by atoms with Crippen LogP contribution < -0.4 is 21.3 Å². The van der Waals surface area contributed by atoms with Crippen LogP contribution in [0.15, 0.2) is 52.7 Å². The summed E-state index contributed by atoms with van der Waals surface area (Å²) >= 11 is 6.52. The van der Waals surface area contributed by atoms with E-state index in [2.05, 4.69) is 26.0 Å². The molecular formula is C20H19ClF3N7O2S.